The van der Waals surface area contributed by atoms with E-state index in [9.17, 15) is 4.79 Å². The van der Waals surface area contributed by atoms with Gasteiger partial charge in [-0.1, -0.05) is 23.2 Å². The summed E-state index contributed by atoms with van der Waals surface area (Å²) in [6.45, 7) is 0. The topological polar surface area (TPSA) is 105 Å². The lowest BCUT2D eigenvalue weighted by Crippen LogP contribution is -1.98. The van der Waals surface area contributed by atoms with Crippen LogP contribution in [0.25, 0.3) is 22.4 Å². The van der Waals surface area contributed by atoms with Gasteiger partial charge in [0, 0.05) is 33.6 Å². The van der Waals surface area contributed by atoms with Crippen molar-refractivity contribution in [3.63, 3.8) is 0 Å². The van der Waals surface area contributed by atoms with E-state index in [0.717, 1.165) is 0 Å². The molecule has 0 saturated carbocycles. The molecule has 0 atom stereocenters. The monoisotopic (exact) mass is 348 g/mol. The number of benzene rings is 1. The molecule has 2 aromatic heterocycles. The van der Waals surface area contributed by atoms with Gasteiger partial charge in [-0.2, -0.15) is 0 Å². The number of nitrogens with one attached hydrogen (secondary N) is 1. The number of nitrogens with two attached hydrogens (primary N) is 1. The van der Waals surface area contributed by atoms with Crippen molar-refractivity contribution < 1.29 is 9.90 Å². The number of nitrogens with zero attached hydrogens (tertiary/aromatic N) is 2. The summed E-state index contributed by atoms with van der Waals surface area (Å²) in [4.78, 5) is 21.9. The van der Waals surface area contributed by atoms with Crippen molar-refractivity contribution in [2.24, 2.45) is 0 Å². The second-order valence-corrected chi connectivity index (χ2v) is 5.63. The van der Waals surface area contributed by atoms with E-state index < -0.39 is 5.97 Å². The number of hydrogen-bond donors (Lipinski definition) is 3. The van der Waals surface area contributed by atoms with E-state index in [4.69, 9.17) is 34.0 Å². The summed E-state index contributed by atoms with van der Waals surface area (Å²) < 4.78 is 0. The Bertz CT molecular complexity index is 888. The number of aromatic carboxylic acids is 1. The molecule has 0 unspecified atom stereocenters. The maximum Gasteiger partial charge on any atom is 0.352 e. The molecular weight excluding hydrogens is 339 g/mol. The van der Waals surface area contributed by atoms with E-state index in [0.29, 0.717) is 32.4 Å². The Morgan fingerprint density at radius 2 is 1.83 bits per heavy atom. The lowest BCUT2D eigenvalue weighted by atomic mass is 10.0. The normalized spacial score (nSPS) is 10.7. The number of H-pyrrole nitrogens is 1. The highest BCUT2D eigenvalue weighted by Gasteiger charge is 2.15. The average molecular weight is 349 g/mol. The standard InChI is InChI=1S/C15H10Cl2N4O2/c16-9-1-7(2-10(17)4-9)11-6-20-15(18)21-13(11)8-3-12(14(22)23)19-5-8/h1-6,19H,(H,22,23)(H2,18,20,21). The number of rotatable bonds is 3. The summed E-state index contributed by atoms with van der Waals surface area (Å²) >= 11 is 12.1. The molecule has 4 N–H and O–H groups in total. The molecule has 2 heterocycles. The minimum absolute atomic E-state index is 0.0484. The summed E-state index contributed by atoms with van der Waals surface area (Å²) in [7, 11) is 0. The molecular formula is C15H10Cl2N4O2. The first-order valence-corrected chi connectivity index (χ1v) is 7.20. The molecule has 3 rings (SSSR count). The van der Waals surface area contributed by atoms with E-state index in [2.05, 4.69) is 15.0 Å². The second-order valence-electron chi connectivity index (χ2n) is 4.76. The molecule has 0 amide bonds. The van der Waals surface area contributed by atoms with Crippen molar-refractivity contribution in [3.05, 3.63) is 52.4 Å². The third-order valence-electron chi connectivity index (χ3n) is 3.17. The number of carboxylic acid groups (broad SMARTS) is 1. The fourth-order valence-corrected chi connectivity index (χ4v) is 2.72. The number of hydrogen-bond acceptors (Lipinski definition) is 4. The average Bonchev–Trinajstić information content (AvgIpc) is 2.96. The molecule has 23 heavy (non-hydrogen) atoms. The number of carbonyl (C=O) groups is 1. The van der Waals surface area contributed by atoms with E-state index in [1.807, 2.05) is 0 Å². The Hall–Kier alpha value is -2.57. The van der Waals surface area contributed by atoms with Gasteiger partial charge in [-0.3, -0.25) is 0 Å². The predicted octanol–water partition coefficient (Wildman–Crippen LogP) is 3.73. The zero-order valence-electron chi connectivity index (χ0n) is 11.5. The lowest BCUT2D eigenvalue weighted by Gasteiger charge is -2.09. The summed E-state index contributed by atoms with van der Waals surface area (Å²) in [6.07, 6.45) is 3.09. The molecule has 1 aromatic carbocycles. The van der Waals surface area contributed by atoms with Gasteiger partial charge in [0.05, 0.1) is 5.69 Å². The first-order valence-electron chi connectivity index (χ1n) is 6.45. The van der Waals surface area contributed by atoms with Crippen molar-refractivity contribution in [1.82, 2.24) is 15.0 Å². The Labute approximate surface area is 140 Å². The molecule has 0 fully saturated rings. The summed E-state index contributed by atoms with van der Waals surface area (Å²) in [5.41, 5.74) is 8.12. The van der Waals surface area contributed by atoms with Gasteiger partial charge < -0.3 is 15.8 Å². The van der Waals surface area contributed by atoms with E-state index in [-0.39, 0.29) is 11.6 Å². The molecule has 0 bridgehead atoms. The van der Waals surface area contributed by atoms with Crippen molar-refractivity contribution in [1.29, 1.82) is 0 Å². The Kier molecular flexibility index (Phi) is 3.94. The van der Waals surface area contributed by atoms with E-state index >= 15 is 0 Å². The van der Waals surface area contributed by atoms with Crippen LogP contribution in [0.3, 0.4) is 0 Å². The van der Waals surface area contributed by atoms with Crippen molar-refractivity contribution in [3.8, 4) is 22.4 Å². The van der Waals surface area contributed by atoms with Crippen LogP contribution in [0.15, 0.2) is 36.7 Å². The minimum Gasteiger partial charge on any atom is -0.477 e. The zero-order valence-corrected chi connectivity index (χ0v) is 13.1. The molecule has 0 aliphatic heterocycles. The smallest absolute Gasteiger partial charge is 0.352 e. The van der Waals surface area contributed by atoms with Crippen LogP contribution in [0.4, 0.5) is 5.95 Å². The summed E-state index contributed by atoms with van der Waals surface area (Å²) in [5.74, 6) is -0.986. The number of aromatic nitrogens is 3. The first-order chi connectivity index (χ1) is 10.9. The van der Waals surface area contributed by atoms with Crippen molar-refractivity contribution >= 4 is 35.1 Å². The predicted molar refractivity (Wildman–Crippen MR) is 88.6 cm³/mol. The molecule has 0 radical (unpaired) electrons. The first kappa shape index (κ1) is 15.3. The maximum atomic E-state index is 11.0. The van der Waals surface area contributed by atoms with Gasteiger partial charge >= 0.3 is 5.97 Å². The number of carboxylic acids is 1. The summed E-state index contributed by atoms with van der Waals surface area (Å²) in [6, 6.07) is 6.52. The van der Waals surface area contributed by atoms with Gasteiger partial charge in [0.15, 0.2) is 0 Å². The SMILES string of the molecule is Nc1ncc(-c2cc(Cl)cc(Cl)c2)c(-c2c[nH]c(C(=O)O)c2)n1. The number of halogens is 2. The Morgan fingerprint density at radius 1 is 1.13 bits per heavy atom. The van der Waals surface area contributed by atoms with Crippen LogP contribution in [-0.2, 0) is 0 Å². The van der Waals surface area contributed by atoms with Crippen molar-refractivity contribution in [2.75, 3.05) is 5.73 Å². The fourth-order valence-electron chi connectivity index (χ4n) is 2.19. The van der Waals surface area contributed by atoms with Crippen LogP contribution in [-0.4, -0.2) is 26.0 Å². The highest BCUT2D eigenvalue weighted by molar-refractivity contribution is 6.35. The van der Waals surface area contributed by atoms with Crippen LogP contribution in [0, 0.1) is 0 Å². The van der Waals surface area contributed by atoms with Crippen LogP contribution < -0.4 is 5.73 Å². The number of nitrogen functional groups attached to an aromatic ring is 1. The van der Waals surface area contributed by atoms with E-state index in [1.54, 1.807) is 30.6 Å². The van der Waals surface area contributed by atoms with Gasteiger partial charge in [0.1, 0.15) is 5.69 Å². The van der Waals surface area contributed by atoms with Crippen LogP contribution in [0.2, 0.25) is 10.0 Å². The molecule has 0 aliphatic rings. The zero-order chi connectivity index (χ0) is 16.6. The Morgan fingerprint density at radius 3 is 2.43 bits per heavy atom. The fraction of sp³-hybridized carbons (Fsp3) is 0. The van der Waals surface area contributed by atoms with Gasteiger partial charge in [0.2, 0.25) is 5.95 Å². The quantitative estimate of drug-likeness (QED) is 0.668. The Balaban J connectivity index is 2.19. The third kappa shape index (κ3) is 3.13. The molecule has 0 saturated heterocycles. The van der Waals surface area contributed by atoms with Crippen LogP contribution in [0.1, 0.15) is 10.5 Å². The van der Waals surface area contributed by atoms with Crippen LogP contribution >= 0.6 is 23.2 Å². The molecule has 0 spiro atoms. The van der Waals surface area contributed by atoms with Gasteiger partial charge in [-0.25, -0.2) is 14.8 Å². The molecule has 0 aliphatic carbocycles. The second kappa shape index (κ2) is 5.91. The number of anilines is 1. The van der Waals surface area contributed by atoms with E-state index in [1.165, 1.54) is 6.07 Å². The highest BCUT2D eigenvalue weighted by atomic mass is 35.5. The van der Waals surface area contributed by atoms with Crippen molar-refractivity contribution in [2.45, 2.75) is 0 Å². The van der Waals surface area contributed by atoms with Gasteiger partial charge in [0.25, 0.3) is 0 Å². The van der Waals surface area contributed by atoms with Gasteiger partial charge in [-0.05, 0) is 29.8 Å². The van der Waals surface area contributed by atoms with Crippen LogP contribution in [0.5, 0.6) is 0 Å². The number of aromatic amines is 1. The summed E-state index contributed by atoms with van der Waals surface area (Å²) in [5, 5.41) is 9.97. The molecule has 8 heteroatoms. The minimum atomic E-state index is -1.06. The third-order valence-corrected chi connectivity index (χ3v) is 3.60. The molecule has 116 valence electrons. The lowest BCUT2D eigenvalue weighted by molar-refractivity contribution is 0.0691. The highest BCUT2D eigenvalue weighted by Crippen LogP contribution is 2.34. The molecule has 3 aromatic rings. The van der Waals surface area contributed by atoms with Gasteiger partial charge in [-0.15, -0.1) is 0 Å². The largest absolute Gasteiger partial charge is 0.477 e. The molecule has 6 nitrogen and oxygen atoms in total. The maximum absolute atomic E-state index is 11.0.